The van der Waals surface area contributed by atoms with Crippen molar-refractivity contribution in [3.8, 4) is 22.5 Å². The zero-order chi connectivity index (χ0) is 29.1. The SMILES string of the molecule is CCCc1nn(CC(F)(F)F)c(C(=O)OCC)c1Cc1ccc(-c2ccccc2-c2nnn[n]2[Sn]([CH3])([CH3])[CH3])cc1. The molecule has 0 aliphatic carbocycles. The van der Waals surface area contributed by atoms with Gasteiger partial charge in [0.1, 0.15) is 6.54 Å². The van der Waals surface area contributed by atoms with Gasteiger partial charge in [-0.2, -0.15) is 13.2 Å². The zero-order valence-corrected chi connectivity index (χ0v) is 26.1. The predicted molar refractivity (Wildman–Crippen MR) is 148 cm³/mol. The molecule has 2 heterocycles. The molecule has 0 aliphatic rings. The maximum absolute atomic E-state index is 13.3. The van der Waals surface area contributed by atoms with Crippen LogP contribution in [0.2, 0.25) is 14.8 Å². The fraction of sp³-hybridized carbons (Fsp3) is 0.393. The number of nitrogens with zero attached hydrogens (tertiary/aromatic N) is 6. The Kier molecular flexibility index (Phi) is 9.01. The molecule has 0 amide bonds. The molecule has 0 bridgehead atoms. The molecule has 0 saturated heterocycles. The average molecular weight is 661 g/mol. The van der Waals surface area contributed by atoms with Crippen molar-refractivity contribution in [3.63, 3.8) is 0 Å². The Morgan fingerprint density at radius 3 is 2.27 bits per heavy atom. The number of alkyl halides is 3. The van der Waals surface area contributed by atoms with Gasteiger partial charge in [-0.15, -0.1) is 0 Å². The van der Waals surface area contributed by atoms with Gasteiger partial charge in [-0.3, -0.25) is 0 Å². The van der Waals surface area contributed by atoms with Crippen molar-refractivity contribution < 1.29 is 22.7 Å². The van der Waals surface area contributed by atoms with Gasteiger partial charge in [-0.1, -0.05) is 13.3 Å². The molecule has 0 atom stereocenters. The minimum absolute atomic E-state index is 0.0505. The van der Waals surface area contributed by atoms with E-state index in [0.717, 1.165) is 32.8 Å². The third-order valence-electron chi connectivity index (χ3n) is 6.34. The van der Waals surface area contributed by atoms with Crippen LogP contribution in [0.5, 0.6) is 0 Å². The summed E-state index contributed by atoms with van der Waals surface area (Å²) < 4.78 is 47.9. The number of rotatable bonds is 10. The molecule has 0 N–H and O–H groups in total. The van der Waals surface area contributed by atoms with Gasteiger partial charge >= 0.3 is 180 Å². The van der Waals surface area contributed by atoms with E-state index in [2.05, 4.69) is 35.4 Å². The van der Waals surface area contributed by atoms with Crippen molar-refractivity contribution in [3.05, 3.63) is 71.0 Å². The first-order valence-corrected chi connectivity index (χ1v) is 23.1. The van der Waals surface area contributed by atoms with Crippen LogP contribution in [0, 0.1) is 0 Å². The second-order valence-corrected chi connectivity index (χ2v) is 24.1. The molecule has 212 valence electrons. The molecular weight excluding hydrogens is 628 g/mol. The van der Waals surface area contributed by atoms with E-state index in [1.54, 1.807) is 6.92 Å². The number of hydrogen-bond donors (Lipinski definition) is 0. The first-order chi connectivity index (χ1) is 18.9. The van der Waals surface area contributed by atoms with E-state index in [-0.39, 0.29) is 18.7 Å². The number of esters is 1. The Morgan fingerprint density at radius 1 is 1.00 bits per heavy atom. The van der Waals surface area contributed by atoms with Crippen LogP contribution in [0.1, 0.15) is 47.6 Å². The Morgan fingerprint density at radius 2 is 1.68 bits per heavy atom. The molecule has 0 unspecified atom stereocenters. The standard InChI is InChI=1S/C25H24F3N6O2.3CH3.Sn/c1-3-7-21-20(22(24(35)36-4-2)34(31-21)15-25(26,27)28)14-16-10-12-17(13-11-16)18-8-5-6-9-19(18)23-29-32-33-30-23;;;;/h5-6,8-13H,3-4,7,14-15H2,1-2H3;3*1H3;/q-1;;;;+1. The van der Waals surface area contributed by atoms with E-state index in [1.807, 2.05) is 58.4 Å². The predicted octanol–water partition coefficient (Wildman–Crippen LogP) is 6.17. The molecule has 4 rings (SSSR count). The summed E-state index contributed by atoms with van der Waals surface area (Å²) in [6.45, 7) is 2.23. The molecule has 0 aliphatic heterocycles. The summed E-state index contributed by atoms with van der Waals surface area (Å²) >= 11 is -2.66. The van der Waals surface area contributed by atoms with Crippen molar-refractivity contribution in [2.45, 2.75) is 60.6 Å². The van der Waals surface area contributed by atoms with Gasteiger partial charge in [0.25, 0.3) is 0 Å². The van der Waals surface area contributed by atoms with Gasteiger partial charge in [0, 0.05) is 0 Å². The monoisotopic (exact) mass is 662 g/mol. The summed E-state index contributed by atoms with van der Waals surface area (Å²) in [6.07, 6.45) is -3.16. The number of hydrogen-bond acceptors (Lipinski definition) is 6. The van der Waals surface area contributed by atoms with Crippen molar-refractivity contribution in [1.82, 2.24) is 28.2 Å². The fourth-order valence-corrected chi connectivity index (χ4v) is 7.79. The molecule has 0 fully saturated rings. The summed E-state index contributed by atoms with van der Waals surface area (Å²) in [5.74, 6) is -0.0626. The molecule has 8 nitrogen and oxygen atoms in total. The van der Waals surface area contributed by atoms with Crippen LogP contribution in [0.4, 0.5) is 13.2 Å². The normalized spacial score (nSPS) is 12.1. The first-order valence-electron chi connectivity index (χ1n) is 13.2. The van der Waals surface area contributed by atoms with Gasteiger partial charge in [0.05, 0.1) is 6.61 Å². The van der Waals surface area contributed by atoms with E-state index in [1.165, 1.54) is 0 Å². The molecule has 2 aromatic heterocycles. The van der Waals surface area contributed by atoms with Crippen molar-refractivity contribution in [2.24, 2.45) is 0 Å². The van der Waals surface area contributed by atoms with Crippen LogP contribution >= 0.6 is 0 Å². The molecule has 2 aromatic carbocycles. The van der Waals surface area contributed by atoms with Crippen molar-refractivity contribution in [1.29, 1.82) is 0 Å². The van der Waals surface area contributed by atoms with Gasteiger partial charge in [-0.25, -0.2) is 4.79 Å². The summed E-state index contributed by atoms with van der Waals surface area (Å²) in [6, 6.07) is 15.7. The van der Waals surface area contributed by atoms with Crippen molar-refractivity contribution in [2.75, 3.05) is 6.61 Å². The zero-order valence-electron chi connectivity index (χ0n) is 23.3. The summed E-state index contributed by atoms with van der Waals surface area (Å²) in [4.78, 5) is 19.5. The quantitative estimate of drug-likeness (QED) is 0.149. The number of aryl methyl sites for hydroxylation is 1. The topological polar surface area (TPSA) is 87.7 Å². The van der Waals surface area contributed by atoms with Gasteiger partial charge in [0.15, 0.2) is 0 Å². The minimum atomic E-state index is -4.53. The number of halogens is 3. The second kappa shape index (κ2) is 12.1. The Balaban J connectivity index is 1.72. The van der Waals surface area contributed by atoms with Crippen LogP contribution in [0.15, 0.2) is 48.5 Å². The van der Waals surface area contributed by atoms with Crippen molar-refractivity contribution >= 4 is 24.6 Å². The fourth-order valence-electron chi connectivity index (χ4n) is 4.63. The molecule has 4 aromatic rings. The Hall–Kier alpha value is -3.22. The molecule has 40 heavy (non-hydrogen) atoms. The van der Waals surface area contributed by atoms with Gasteiger partial charge in [-0.05, 0) is 6.92 Å². The Bertz CT molecular complexity index is 1470. The summed E-state index contributed by atoms with van der Waals surface area (Å²) in [5.41, 5.74) is 4.49. The molecule has 0 saturated carbocycles. The van der Waals surface area contributed by atoms with Crippen LogP contribution in [-0.4, -0.2) is 65.6 Å². The number of aromatic nitrogens is 6. The number of carbonyl (C=O) groups is 1. The van der Waals surface area contributed by atoms with Crippen LogP contribution < -0.4 is 0 Å². The van der Waals surface area contributed by atoms with Crippen LogP contribution in [-0.2, 0) is 24.1 Å². The summed E-state index contributed by atoms with van der Waals surface area (Å²) in [7, 11) is 0. The number of carbonyl (C=O) groups excluding carboxylic acids is 1. The van der Waals surface area contributed by atoms with Crippen LogP contribution in [0.25, 0.3) is 22.5 Å². The number of ether oxygens (including phenoxy) is 1. The van der Waals surface area contributed by atoms with E-state index >= 15 is 0 Å². The van der Waals surface area contributed by atoms with E-state index in [9.17, 15) is 18.0 Å². The first kappa shape index (κ1) is 29.8. The average Bonchev–Trinajstić information content (AvgIpc) is 3.50. The molecule has 0 spiro atoms. The molecule has 0 radical (unpaired) electrons. The third kappa shape index (κ3) is 6.73. The maximum atomic E-state index is 13.3. The Labute approximate surface area is 235 Å². The number of benzene rings is 2. The van der Waals surface area contributed by atoms with Crippen LogP contribution in [0.3, 0.4) is 0 Å². The second-order valence-electron chi connectivity index (χ2n) is 10.5. The van der Waals surface area contributed by atoms with Gasteiger partial charge < -0.3 is 4.74 Å². The van der Waals surface area contributed by atoms with Gasteiger partial charge in [0.2, 0.25) is 0 Å². The van der Waals surface area contributed by atoms with E-state index in [4.69, 9.17) is 4.74 Å². The van der Waals surface area contributed by atoms with E-state index < -0.39 is 37.3 Å². The van der Waals surface area contributed by atoms with E-state index in [0.29, 0.717) is 24.1 Å². The molecule has 12 heteroatoms. The third-order valence-corrected chi connectivity index (χ3v) is 10.8. The summed E-state index contributed by atoms with van der Waals surface area (Å²) in [5, 5.41) is 16.7. The molecular formula is C28H33F3N6O2Sn. The number of tetrazole rings is 1.